The fraction of sp³-hybridized carbons (Fsp3) is 0.696. The van der Waals surface area contributed by atoms with E-state index in [-0.39, 0.29) is 11.3 Å². The molecule has 0 spiro atoms. The molecule has 150 valence electrons. The number of hydrogen-bond donors (Lipinski definition) is 1. The minimum atomic E-state index is 0.130. The molecule has 1 aliphatic heterocycles. The normalized spacial score (nSPS) is 21.3. The second kappa shape index (κ2) is 9.70. The van der Waals surface area contributed by atoms with Crippen LogP contribution in [0.2, 0.25) is 0 Å². The van der Waals surface area contributed by atoms with Gasteiger partial charge in [0, 0.05) is 44.7 Å². The maximum Gasteiger partial charge on any atom is 0.234 e. The second-order valence-electron chi connectivity index (χ2n) is 8.95. The van der Waals surface area contributed by atoms with Crippen molar-refractivity contribution < 1.29 is 4.79 Å². The number of nitrogens with zero attached hydrogens (tertiary/aromatic N) is 2. The Kier molecular flexibility index (Phi) is 7.31. The molecule has 0 bridgehead atoms. The van der Waals surface area contributed by atoms with Gasteiger partial charge in [-0.05, 0) is 24.3 Å². The average Bonchev–Trinajstić information content (AvgIpc) is 2.69. The number of benzene rings is 1. The summed E-state index contributed by atoms with van der Waals surface area (Å²) in [6, 6.07) is 10.8. The van der Waals surface area contributed by atoms with Crippen molar-refractivity contribution >= 4 is 5.91 Å². The number of rotatable bonds is 7. The molecule has 1 aliphatic carbocycles. The number of piperazine rings is 1. The van der Waals surface area contributed by atoms with Gasteiger partial charge in [0.25, 0.3) is 0 Å². The molecule has 0 unspecified atom stereocenters. The Hall–Kier alpha value is -1.39. The van der Waals surface area contributed by atoms with Crippen molar-refractivity contribution in [2.45, 2.75) is 51.4 Å². The summed E-state index contributed by atoms with van der Waals surface area (Å²) in [5.74, 6) is 0.901. The van der Waals surface area contributed by atoms with Crippen LogP contribution in [0.3, 0.4) is 0 Å². The Balaban J connectivity index is 1.49. The van der Waals surface area contributed by atoms with Crippen LogP contribution in [0.4, 0.5) is 0 Å². The van der Waals surface area contributed by atoms with Crippen LogP contribution in [0.5, 0.6) is 0 Å². The standard InChI is InChI=1S/C23H37N3O/c1-20(2)17-25-13-15-26(16-14-25)18-22(27)24-19-23(11-7-4-8-12-23)21-9-5-3-6-10-21/h3,5-6,9-10,20H,4,7-8,11-19H2,1-2H3,(H,24,27). The maximum absolute atomic E-state index is 12.6. The molecule has 2 fully saturated rings. The smallest absolute Gasteiger partial charge is 0.234 e. The molecule has 2 aliphatic rings. The molecular formula is C23H37N3O. The molecular weight excluding hydrogens is 334 g/mol. The largest absolute Gasteiger partial charge is 0.354 e. The predicted octanol–water partition coefficient (Wildman–Crippen LogP) is 3.28. The first-order chi connectivity index (χ1) is 13.1. The first kappa shape index (κ1) is 20.3. The van der Waals surface area contributed by atoms with Gasteiger partial charge < -0.3 is 10.2 Å². The van der Waals surface area contributed by atoms with Crippen molar-refractivity contribution in [2.24, 2.45) is 5.92 Å². The van der Waals surface area contributed by atoms with E-state index >= 15 is 0 Å². The molecule has 0 radical (unpaired) electrons. The van der Waals surface area contributed by atoms with Crippen molar-refractivity contribution in [3.8, 4) is 0 Å². The molecule has 4 nitrogen and oxygen atoms in total. The fourth-order valence-corrected chi connectivity index (χ4v) is 4.76. The van der Waals surface area contributed by atoms with E-state index in [4.69, 9.17) is 0 Å². The van der Waals surface area contributed by atoms with Gasteiger partial charge in [0.1, 0.15) is 0 Å². The number of nitrogens with one attached hydrogen (secondary N) is 1. The Labute approximate surface area is 165 Å². The third-order valence-corrected chi connectivity index (χ3v) is 6.28. The lowest BCUT2D eigenvalue weighted by Gasteiger charge is -2.39. The summed E-state index contributed by atoms with van der Waals surface area (Å²) in [4.78, 5) is 17.4. The topological polar surface area (TPSA) is 35.6 Å². The third kappa shape index (κ3) is 5.79. The van der Waals surface area contributed by atoms with Crippen LogP contribution in [0.15, 0.2) is 30.3 Å². The summed E-state index contributed by atoms with van der Waals surface area (Å²) in [6.45, 7) is 11.2. The van der Waals surface area contributed by atoms with E-state index in [1.165, 1.54) is 44.2 Å². The van der Waals surface area contributed by atoms with Crippen molar-refractivity contribution in [1.29, 1.82) is 0 Å². The van der Waals surface area contributed by atoms with Gasteiger partial charge in [-0.3, -0.25) is 9.69 Å². The van der Waals surface area contributed by atoms with Crippen LogP contribution < -0.4 is 5.32 Å². The SMILES string of the molecule is CC(C)CN1CCN(CC(=O)NCC2(c3ccccc3)CCCCC2)CC1. The Morgan fingerprint density at radius 1 is 1.00 bits per heavy atom. The van der Waals surface area contributed by atoms with E-state index in [1.54, 1.807) is 0 Å². The van der Waals surface area contributed by atoms with Gasteiger partial charge in [0.05, 0.1) is 6.54 Å². The maximum atomic E-state index is 12.6. The molecule has 1 amide bonds. The van der Waals surface area contributed by atoms with E-state index in [2.05, 4.69) is 59.3 Å². The van der Waals surface area contributed by atoms with Crippen molar-refractivity contribution in [3.63, 3.8) is 0 Å². The summed E-state index contributed by atoms with van der Waals surface area (Å²) >= 11 is 0. The van der Waals surface area contributed by atoms with Crippen LogP contribution in [0.1, 0.15) is 51.5 Å². The molecule has 0 atom stereocenters. The lowest BCUT2D eigenvalue weighted by molar-refractivity contribution is -0.123. The second-order valence-corrected chi connectivity index (χ2v) is 8.95. The Morgan fingerprint density at radius 3 is 2.26 bits per heavy atom. The van der Waals surface area contributed by atoms with E-state index in [9.17, 15) is 4.79 Å². The van der Waals surface area contributed by atoms with Crippen LogP contribution in [0, 0.1) is 5.92 Å². The lowest BCUT2D eigenvalue weighted by Crippen LogP contribution is -2.51. The number of carbonyl (C=O) groups excluding carboxylic acids is 1. The van der Waals surface area contributed by atoms with Crippen LogP contribution in [-0.4, -0.2) is 61.5 Å². The summed E-state index contributed by atoms with van der Waals surface area (Å²) in [7, 11) is 0. The summed E-state index contributed by atoms with van der Waals surface area (Å²) in [6.07, 6.45) is 6.23. The molecule has 1 heterocycles. The van der Waals surface area contributed by atoms with Gasteiger partial charge in [-0.1, -0.05) is 63.4 Å². The van der Waals surface area contributed by atoms with Gasteiger partial charge in [-0.2, -0.15) is 0 Å². The Morgan fingerprint density at radius 2 is 1.63 bits per heavy atom. The van der Waals surface area contributed by atoms with Gasteiger partial charge >= 0.3 is 0 Å². The summed E-state index contributed by atoms with van der Waals surface area (Å²) in [5, 5.41) is 3.29. The molecule has 3 rings (SSSR count). The highest BCUT2D eigenvalue weighted by Gasteiger charge is 2.34. The monoisotopic (exact) mass is 371 g/mol. The van der Waals surface area contributed by atoms with Gasteiger partial charge in [-0.25, -0.2) is 0 Å². The molecule has 27 heavy (non-hydrogen) atoms. The molecule has 1 N–H and O–H groups in total. The van der Waals surface area contributed by atoms with Gasteiger partial charge in [0.2, 0.25) is 5.91 Å². The number of amides is 1. The van der Waals surface area contributed by atoms with Crippen molar-refractivity contribution in [2.75, 3.05) is 45.8 Å². The number of hydrogen-bond acceptors (Lipinski definition) is 3. The van der Waals surface area contributed by atoms with E-state index < -0.39 is 0 Å². The average molecular weight is 372 g/mol. The number of carbonyl (C=O) groups is 1. The van der Waals surface area contributed by atoms with Crippen LogP contribution in [0.25, 0.3) is 0 Å². The zero-order chi connectivity index (χ0) is 19.1. The zero-order valence-electron chi connectivity index (χ0n) is 17.3. The van der Waals surface area contributed by atoms with Gasteiger partial charge in [0.15, 0.2) is 0 Å². The Bertz CT molecular complexity index is 573. The summed E-state index contributed by atoms with van der Waals surface area (Å²) < 4.78 is 0. The third-order valence-electron chi connectivity index (χ3n) is 6.28. The molecule has 1 aromatic rings. The van der Waals surface area contributed by atoms with Crippen molar-refractivity contribution in [1.82, 2.24) is 15.1 Å². The van der Waals surface area contributed by atoms with Crippen LogP contribution in [-0.2, 0) is 10.2 Å². The highest BCUT2D eigenvalue weighted by atomic mass is 16.2. The minimum Gasteiger partial charge on any atom is -0.354 e. The summed E-state index contributed by atoms with van der Waals surface area (Å²) in [5.41, 5.74) is 1.53. The van der Waals surface area contributed by atoms with E-state index in [1.807, 2.05) is 0 Å². The molecule has 0 aromatic heterocycles. The predicted molar refractivity (Wildman–Crippen MR) is 112 cm³/mol. The van der Waals surface area contributed by atoms with E-state index in [0.29, 0.717) is 12.5 Å². The minimum absolute atomic E-state index is 0.130. The first-order valence-corrected chi connectivity index (χ1v) is 10.8. The molecule has 1 saturated carbocycles. The highest BCUT2D eigenvalue weighted by molar-refractivity contribution is 5.78. The fourth-order valence-electron chi connectivity index (χ4n) is 4.76. The lowest BCUT2D eigenvalue weighted by atomic mass is 9.69. The zero-order valence-corrected chi connectivity index (χ0v) is 17.3. The molecule has 1 aromatic carbocycles. The van der Waals surface area contributed by atoms with Gasteiger partial charge in [-0.15, -0.1) is 0 Å². The molecule has 4 heteroatoms. The van der Waals surface area contributed by atoms with E-state index in [0.717, 1.165) is 32.7 Å². The van der Waals surface area contributed by atoms with Crippen molar-refractivity contribution in [3.05, 3.63) is 35.9 Å². The highest BCUT2D eigenvalue weighted by Crippen LogP contribution is 2.38. The molecule has 1 saturated heterocycles. The quantitative estimate of drug-likeness (QED) is 0.799. The first-order valence-electron chi connectivity index (χ1n) is 10.8. The van der Waals surface area contributed by atoms with Crippen LogP contribution >= 0.6 is 0 Å².